The Morgan fingerprint density at radius 1 is 1.39 bits per heavy atom. The predicted octanol–water partition coefficient (Wildman–Crippen LogP) is 2.25. The summed E-state index contributed by atoms with van der Waals surface area (Å²) in [5.74, 6) is 1.62. The molecule has 18 heavy (non-hydrogen) atoms. The van der Waals surface area contributed by atoms with E-state index >= 15 is 0 Å². The van der Waals surface area contributed by atoms with E-state index < -0.39 is 0 Å². The normalized spacial score (nSPS) is 27.4. The number of hydrogen-bond donors (Lipinski definition) is 1. The Morgan fingerprint density at radius 2 is 2.22 bits per heavy atom. The van der Waals surface area contributed by atoms with Gasteiger partial charge in [0.15, 0.2) is 0 Å². The Bertz CT molecular complexity index is 394. The van der Waals surface area contributed by atoms with Crippen molar-refractivity contribution in [2.75, 3.05) is 27.4 Å². The first-order valence-corrected chi connectivity index (χ1v) is 6.52. The van der Waals surface area contributed by atoms with Crippen LogP contribution in [0, 0.1) is 5.92 Å². The van der Waals surface area contributed by atoms with Gasteiger partial charge in [-0.25, -0.2) is 0 Å². The zero-order valence-electron chi connectivity index (χ0n) is 11.5. The summed E-state index contributed by atoms with van der Waals surface area (Å²) in [4.78, 5) is 0. The molecule has 1 aromatic carbocycles. The van der Waals surface area contributed by atoms with Crippen molar-refractivity contribution in [2.24, 2.45) is 5.92 Å². The first kappa shape index (κ1) is 13.4. The highest BCUT2D eigenvalue weighted by Gasteiger charge is 2.34. The van der Waals surface area contributed by atoms with Crippen LogP contribution in [-0.2, 0) is 11.2 Å². The SMILES string of the molecule is COCC1(C)CC(Cc2cccc(OC)c2)CN1. The molecule has 1 aliphatic heterocycles. The molecule has 3 nitrogen and oxygen atoms in total. The van der Waals surface area contributed by atoms with Gasteiger partial charge in [-0.1, -0.05) is 12.1 Å². The van der Waals surface area contributed by atoms with E-state index in [-0.39, 0.29) is 5.54 Å². The van der Waals surface area contributed by atoms with Crippen molar-refractivity contribution >= 4 is 0 Å². The predicted molar refractivity (Wildman–Crippen MR) is 73.1 cm³/mol. The first-order valence-electron chi connectivity index (χ1n) is 6.52. The zero-order valence-corrected chi connectivity index (χ0v) is 11.5. The fourth-order valence-electron chi connectivity index (χ4n) is 2.88. The van der Waals surface area contributed by atoms with E-state index in [1.807, 2.05) is 6.07 Å². The van der Waals surface area contributed by atoms with Crippen molar-refractivity contribution in [3.8, 4) is 5.75 Å². The fraction of sp³-hybridized carbons (Fsp3) is 0.600. The molecule has 0 bridgehead atoms. The third kappa shape index (κ3) is 3.24. The molecule has 3 heteroatoms. The Labute approximate surface area is 109 Å². The van der Waals surface area contributed by atoms with Crippen LogP contribution in [0.5, 0.6) is 5.75 Å². The summed E-state index contributed by atoms with van der Waals surface area (Å²) in [7, 11) is 3.48. The van der Waals surface area contributed by atoms with Gasteiger partial charge in [-0.15, -0.1) is 0 Å². The van der Waals surface area contributed by atoms with E-state index in [1.54, 1.807) is 14.2 Å². The van der Waals surface area contributed by atoms with Crippen molar-refractivity contribution in [3.63, 3.8) is 0 Å². The van der Waals surface area contributed by atoms with Crippen LogP contribution in [-0.4, -0.2) is 32.9 Å². The molecule has 1 N–H and O–H groups in total. The van der Waals surface area contributed by atoms with E-state index in [2.05, 4.69) is 30.4 Å². The highest BCUT2D eigenvalue weighted by Crippen LogP contribution is 2.27. The van der Waals surface area contributed by atoms with Crippen LogP contribution in [0.2, 0.25) is 0 Å². The standard InChI is InChI=1S/C15H23NO2/c1-15(11-17-2)9-13(10-16-15)7-12-5-4-6-14(8-12)18-3/h4-6,8,13,16H,7,9-11H2,1-3H3. The molecule has 2 atom stereocenters. The number of methoxy groups -OCH3 is 2. The van der Waals surface area contributed by atoms with Crippen LogP contribution in [0.1, 0.15) is 18.9 Å². The Hall–Kier alpha value is -1.06. The van der Waals surface area contributed by atoms with Crippen LogP contribution >= 0.6 is 0 Å². The lowest BCUT2D eigenvalue weighted by Crippen LogP contribution is -2.40. The smallest absolute Gasteiger partial charge is 0.119 e. The molecular weight excluding hydrogens is 226 g/mol. The van der Waals surface area contributed by atoms with Crippen molar-refractivity contribution in [1.29, 1.82) is 0 Å². The number of rotatable bonds is 5. The molecule has 0 saturated carbocycles. The van der Waals surface area contributed by atoms with Crippen molar-refractivity contribution in [3.05, 3.63) is 29.8 Å². The number of hydrogen-bond acceptors (Lipinski definition) is 3. The van der Waals surface area contributed by atoms with E-state index in [0.717, 1.165) is 31.7 Å². The summed E-state index contributed by atoms with van der Waals surface area (Å²) in [5, 5.41) is 3.58. The zero-order chi connectivity index (χ0) is 13.0. The van der Waals surface area contributed by atoms with Crippen LogP contribution in [0.15, 0.2) is 24.3 Å². The maximum absolute atomic E-state index is 5.28. The summed E-state index contributed by atoms with van der Waals surface area (Å²) < 4.78 is 10.5. The fourth-order valence-corrected chi connectivity index (χ4v) is 2.88. The second kappa shape index (κ2) is 5.72. The largest absolute Gasteiger partial charge is 0.497 e. The van der Waals surface area contributed by atoms with Gasteiger partial charge in [0, 0.05) is 12.6 Å². The lowest BCUT2D eigenvalue weighted by molar-refractivity contribution is 0.128. The van der Waals surface area contributed by atoms with E-state index in [1.165, 1.54) is 5.56 Å². The average Bonchev–Trinajstić information content (AvgIpc) is 2.71. The van der Waals surface area contributed by atoms with Gasteiger partial charge < -0.3 is 14.8 Å². The second-order valence-electron chi connectivity index (χ2n) is 5.50. The molecule has 1 saturated heterocycles. The highest BCUT2D eigenvalue weighted by atomic mass is 16.5. The molecular formula is C15H23NO2. The van der Waals surface area contributed by atoms with Crippen molar-refractivity contribution in [2.45, 2.75) is 25.3 Å². The first-order chi connectivity index (χ1) is 8.65. The van der Waals surface area contributed by atoms with Crippen LogP contribution in [0.25, 0.3) is 0 Å². The monoisotopic (exact) mass is 249 g/mol. The summed E-state index contributed by atoms with van der Waals surface area (Å²) in [6.45, 7) is 4.08. The van der Waals surface area contributed by atoms with Crippen LogP contribution in [0.4, 0.5) is 0 Å². The van der Waals surface area contributed by atoms with Gasteiger partial charge in [0.2, 0.25) is 0 Å². The van der Waals surface area contributed by atoms with Gasteiger partial charge in [0.05, 0.1) is 13.7 Å². The molecule has 100 valence electrons. The Balaban J connectivity index is 1.94. The third-order valence-electron chi connectivity index (χ3n) is 3.68. The van der Waals surface area contributed by atoms with Gasteiger partial charge in [-0.05, 0) is 49.9 Å². The van der Waals surface area contributed by atoms with Gasteiger partial charge in [-0.2, -0.15) is 0 Å². The van der Waals surface area contributed by atoms with Crippen molar-refractivity contribution < 1.29 is 9.47 Å². The molecule has 1 aromatic rings. The lowest BCUT2D eigenvalue weighted by Gasteiger charge is -2.23. The third-order valence-corrected chi connectivity index (χ3v) is 3.68. The summed E-state index contributed by atoms with van der Waals surface area (Å²) in [6, 6.07) is 8.36. The molecule has 0 amide bonds. The van der Waals surface area contributed by atoms with Gasteiger partial charge >= 0.3 is 0 Å². The molecule has 2 rings (SSSR count). The lowest BCUT2D eigenvalue weighted by atomic mass is 9.91. The molecule has 0 radical (unpaired) electrons. The second-order valence-corrected chi connectivity index (χ2v) is 5.50. The molecule has 1 heterocycles. The van der Waals surface area contributed by atoms with Crippen LogP contribution < -0.4 is 10.1 Å². The molecule has 2 unspecified atom stereocenters. The summed E-state index contributed by atoms with van der Waals surface area (Å²) >= 11 is 0. The molecule has 0 aromatic heterocycles. The quantitative estimate of drug-likeness (QED) is 0.868. The summed E-state index contributed by atoms with van der Waals surface area (Å²) in [5.41, 5.74) is 1.49. The topological polar surface area (TPSA) is 30.5 Å². The maximum Gasteiger partial charge on any atom is 0.119 e. The molecule has 0 aliphatic carbocycles. The van der Waals surface area contributed by atoms with Crippen LogP contribution in [0.3, 0.4) is 0 Å². The van der Waals surface area contributed by atoms with E-state index in [9.17, 15) is 0 Å². The van der Waals surface area contributed by atoms with Crippen molar-refractivity contribution in [1.82, 2.24) is 5.32 Å². The van der Waals surface area contributed by atoms with Gasteiger partial charge in [0.1, 0.15) is 5.75 Å². The molecule has 1 fully saturated rings. The minimum atomic E-state index is 0.137. The van der Waals surface area contributed by atoms with Gasteiger partial charge in [0.25, 0.3) is 0 Å². The minimum Gasteiger partial charge on any atom is -0.497 e. The van der Waals surface area contributed by atoms with E-state index in [4.69, 9.17) is 9.47 Å². The minimum absolute atomic E-state index is 0.137. The molecule has 1 aliphatic rings. The Morgan fingerprint density at radius 3 is 2.94 bits per heavy atom. The van der Waals surface area contributed by atoms with E-state index in [0.29, 0.717) is 5.92 Å². The number of nitrogens with one attached hydrogen (secondary N) is 1. The summed E-state index contributed by atoms with van der Waals surface area (Å²) in [6.07, 6.45) is 2.27. The van der Waals surface area contributed by atoms with Gasteiger partial charge in [-0.3, -0.25) is 0 Å². The maximum atomic E-state index is 5.28. The number of benzene rings is 1. The number of ether oxygens (including phenoxy) is 2. The highest BCUT2D eigenvalue weighted by molar-refractivity contribution is 5.28. The Kier molecular flexibility index (Phi) is 4.25. The molecule has 0 spiro atoms. The average molecular weight is 249 g/mol.